The highest BCUT2D eigenvalue weighted by molar-refractivity contribution is 5.76. The quantitative estimate of drug-likeness (QED) is 0.764. The molecule has 1 atom stereocenters. The highest BCUT2D eigenvalue weighted by atomic mass is 16.5. The maximum atomic E-state index is 10.3. The van der Waals surface area contributed by atoms with Gasteiger partial charge in [-0.1, -0.05) is 0 Å². The summed E-state index contributed by atoms with van der Waals surface area (Å²) in [6.45, 7) is 0. The molecular weight excluding hydrogens is 242 g/mol. The van der Waals surface area contributed by atoms with E-state index >= 15 is 0 Å². The molecule has 1 aliphatic rings. The Morgan fingerprint density at radius 3 is 2.95 bits per heavy atom. The average molecular weight is 259 g/mol. The number of aliphatic hydroxyl groups is 1. The molecule has 0 fully saturated rings. The zero-order chi connectivity index (χ0) is 13.6. The Balaban J connectivity index is 2.27. The molecule has 0 bridgehead atoms. The lowest BCUT2D eigenvalue weighted by Gasteiger charge is -2.15. The first-order valence-corrected chi connectivity index (χ1v) is 6.28. The van der Waals surface area contributed by atoms with Crippen LogP contribution in [0, 0.1) is 0 Å². The van der Waals surface area contributed by atoms with Crippen molar-refractivity contribution in [2.45, 2.75) is 18.9 Å². The van der Waals surface area contributed by atoms with Crippen molar-refractivity contribution in [1.82, 2.24) is 9.78 Å². The molecule has 1 unspecified atom stereocenters. The number of nitrogens with two attached hydrogens (primary N) is 1. The lowest BCUT2D eigenvalue weighted by molar-refractivity contribution is 0.168. The average Bonchev–Trinajstić information content (AvgIpc) is 2.70. The van der Waals surface area contributed by atoms with Crippen LogP contribution in [0.3, 0.4) is 0 Å². The molecule has 0 radical (unpaired) electrons. The monoisotopic (exact) mass is 259 g/mol. The fourth-order valence-corrected chi connectivity index (χ4v) is 2.71. The molecule has 19 heavy (non-hydrogen) atoms. The summed E-state index contributed by atoms with van der Waals surface area (Å²) >= 11 is 0. The van der Waals surface area contributed by atoms with Gasteiger partial charge in [0, 0.05) is 18.3 Å². The molecule has 0 aliphatic heterocycles. The van der Waals surface area contributed by atoms with Gasteiger partial charge >= 0.3 is 0 Å². The van der Waals surface area contributed by atoms with Crippen LogP contribution in [0.4, 0.5) is 5.69 Å². The normalized spacial score (nSPS) is 17.5. The second-order valence-corrected chi connectivity index (χ2v) is 4.86. The minimum Gasteiger partial charge on any atom is -0.495 e. The summed E-state index contributed by atoms with van der Waals surface area (Å²) in [5.41, 5.74) is 10.5. The number of ether oxygens (including phenoxy) is 1. The van der Waals surface area contributed by atoms with E-state index in [9.17, 15) is 5.11 Å². The van der Waals surface area contributed by atoms with Crippen LogP contribution in [0.25, 0.3) is 11.1 Å². The Hall–Kier alpha value is -2.01. The van der Waals surface area contributed by atoms with Gasteiger partial charge in [0.1, 0.15) is 5.75 Å². The fraction of sp³-hybridized carbons (Fsp3) is 0.357. The van der Waals surface area contributed by atoms with Crippen molar-refractivity contribution in [3.63, 3.8) is 0 Å². The first kappa shape index (κ1) is 12.0. The number of rotatable bonds is 1. The van der Waals surface area contributed by atoms with Gasteiger partial charge in [-0.3, -0.25) is 4.68 Å². The molecule has 3 N–H and O–H groups in total. The van der Waals surface area contributed by atoms with Crippen molar-refractivity contribution in [1.29, 1.82) is 0 Å². The molecule has 3 rings (SSSR count). The number of nitrogen functional groups attached to an aromatic ring is 1. The van der Waals surface area contributed by atoms with Gasteiger partial charge in [-0.25, -0.2) is 0 Å². The highest BCUT2D eigenvalue weighted by Gasteiger charge is 2.24. The molecule has 5 heteroatoms. The molecule has 1 aliphatic carbocycles. The summed E-state index contributed by atoms with van der Waals surface area (Å²) < 4.78 is 7.10. The molecule has 100 valence electrons. The zero-order valence-corrected chi connectivity index (χ0v) is 11.1. The van der Waals surface area contributed by atoms with Gasteiger partial charge in [-0.15, -0.1) is 0 Å². The second kappa shape index (κ2) is 4.28. The summed E-state index contributed by atoms with van der Waals surface area (Å²) in [7, 11) is 3.50. The van der Waals surface area contributed by atoms with E-state index in [1.807, 2.05) is 30.1 Å². The van der Waals surface area contributed by atoms with Crippen LogP contribution < -0.4 is 10.5 Å². The molecule has 0 saturated heterocycles. The van der Waals surface area contributed by atoms with Crippen LogP contribution in [-0.2, 0) is 13.5 Å². The SMILES string of the molecule is COc1cc2c(cc1N)-c1cnn(C)c1CCC2O. The van der Waals surface area contributed by atoms with Gasteiger partial charge in [0.25, 0.3) is 0 Å². The smallest absolute Gasteiger partial charge is 0.142 e. The first-order valence-electron chi connectivity index (χ1n) is 6.28. The maximum Gasteiger partial charge on any atom is 0.142 e. The molecule has 2 aromatic rings. The summed E-state index contributed by atoms with van der Waals surface area (Å²) in [6, 6.07) is 3.70. The van der Waals surface area contributed by atoms with E-state index in [-0.39, 0.29) is 0 Å². The summed E-state index contributed by atoms with van der Waals surface area (Å²) in [5, 5.41) is 14.6. The van der Waals surface area contributed by atoms with E-state index in [1.54, 1.807) is 7.11 Å². The molecule has 0 saturated carbocycles. The maximum absolute atomic E-state index is 10.3. The van der Waals surface area contributed by atoms with Crippen molar-refractivity contribution in [2.75, 3.05) is 12.8 Å². The predicted molar refractivity (Wildman–Crippen MR) is 72.9 cm³/mol. The largest absolute Gasteiger partial charge is 0.495 e. The van der Waals surface area contributed by atoms with Crippen LogP contribution in [0.15, 0.2) is 18.3 Å². The van der Waals surface area contributed by atoms with E-state index in [1.165, 1.54) is 0 Å². The third-order valence-corrected chi connectivity index (χ3v) is 3.77. The Morgan fingerprint density at radius 2 is 2.21 bits per heavy atom. The van der Waals surface area contributed by atoms with Gasteiger partial charge in [0.15, 0.2) is 0 Å². The lowest BCUT2D eigenvalue weighted by atomic mass is 9.97. The number of fused-ring (bicyclic) bond motifs is 3. The molecule has 1 heterocycles. The van der Waals surface area contributed by atoms with Gasteiger partial charge in [0.05, 0.1) is 25.1 Å². The number of anilines is 1. The summed E-state index contributed by atoms with van der Waals surface area (Å²) in [4.78, 5) is 0. The molecular formula is C14H17N3O2. The van der Waals surface area contributed by atoms with Crippen LogP contribution in [-0.4, -0.2) is 22.0 Å². The van der Waals surface area contributed by atoms with Gasteiger partial charge in [-0.05, 0) is 36.1 Å². The third kappa shape index (κ3) is 1.77. The van der Waals surface area contributed by atoms with Crippen molar-refractivity contribution >= 4 is 5.69 Å². The Labute approximate surface area is 111 Å². The molecule has 5 nitrogen and oxygen atoms in total. The Bertz CT molecular complexity index is 634. The number of nitrogens with zero attached hydrogens (tertiary/aromatic N) is 2. The zero-order valence-electron chi connectivity index (χ0n) is 11.1. The van der Waals surface area contributed by atoms with Gasteiger partial charge in [-0.2, -0.15) is 5.10 Å². The summed E-state index contributed by atoms with van der Waals surface area (Å²) in [5.74, 6) is 0.602. The molecule has 1 aromatic heterocycles. The van der Waals surface area contributed by atoms with E-state index in [0.717, 1.165) is 28.8 Å². The van der Waals surface area contributed by atoms with Gasteiger partial charge in [0.2, 0.25) is 0 Å². The standard InChI is InChI=1S/C14H17N3O2/c1-17-12-3-4-13(18)9-6-14(19-2)11(15)5-8(9)10(12)7-16-17/h5-7,13,18H,3-4,15H2,1-2H3. The van der Waals surface area contributed by atoms with Crippen molar-refractivity contribution < 1.29 is 9.84 Å². The predicted octanol–water partition coefficient (Wildman–Crippen LogP) is 1.66. The van der Waals surface area contributed by atoms with Gasteiger partial charge < -0.3 is 15.6 Å². The van der Waals surface area contributed by atoms with E-state index in [2.05, 4.69) is 5.10 Å². The second-order valence-electron chi connectivity index (χ2n) is 4.86. The van der Waals surface area contributed by atoms with Crippen LogP contribution >= 0.6 is 0 Å². The van der Waals surface area contributed by atoms with Crippen LogP contribution in [0.5, 0.6) is 5.75 Å². The number of aliphatic hydroxyl groups excluding tert-OH is 1. The number of hydrogen-bond donors (Lipinski definition) is 2. The topological polar surface area (TPSA) is 73.3 Å². The van der Waals surface area contributed by atoms with E-state index in [0.29, 0.717) is 17.9 Å². The summed E-state index contributed by atoms with van der Waals surface area (Å²) in [6.07, 6.45) is 2.80. The van der Waals surface area contributed by atoms with Crippen molar-refractivity contribution in [3.05, 3.63) is 29.6 Å². The van der Waals surface area contributed by atoms with E-state index < -0.39 is 6.10 Å². The molecule has 1 aromatic carbocycles. The number of aryl methyl sites for hydroxylation is 1. The van der Waals surface area contributed by atoms with Crippen LogP contribution in [0.1, 0.15) is 23.8 Å². The number of methoxy groups -OCH3 is 1. The van der Waals surface area contributed by atoms with Crippen LogP contribution in [0.2, 0.25) is 0 Å². The minimum absolute atomic E-state index is 0.503. The highest BCUT2D eigenvalue weighted by Crippen LogP contribution is 2.40. The van der Waals surface area contributed by atoms with E-state index in [4.69, 9.17) is 10.5 Å². The van der Waals surface area contributed by atoms with Crippen molar-refractivity contribution in [3.8, 4) is 16.9 Å². The Morgan fingerprint density at radius 1 is 1.42 bits per heavy atom. The fourth-order valence-electron chi connectivity index (χ4n) is 2.71. The molecule has 0 amide bonds. The minimum atomic E-state index is -0.503. The third-order valence-electron chi connectivity index (χ3n) is 3.77. The Kier molecular flexibility index (Phi) is 2.71. The number of hydrogen-bond acceptors (Lipinski definition) is 4. The number of aromatic nitrogens is 2. The molecule has 0 spiro atoms. The lowest BCUT2D eigenvalue weighted by Crippen LogP contribution is -2.02. The first-order chi connectivity index (χ1) is 9.11. The van der Waals surface area contributed by atoms with Crippen molar-refractivity contribution in [2.24, 2.45) is 7.05 Å². The number of benzene rings is 1.